The van der Waals surface area contributed by atoms with E-state index in [0.29, 0.717) is 11.3 Å². The summed E-state index contributed by atoms with van der Waals surface area (Å²) >= 11 is 0. The largest absolute Gasteiger partial charge is 0.346 e. The van der Waals surface area contributed by atoms with E-state index in [9.17, 15) is 13.2 Å². The van der Waals surface area contributed by atoms with E-state index >= 15 is 0 Å². The minimum absolute atomic E-state index is 0.0254. The summed E-state index contributed by atoms with van der Waals surface area (Å²) in [5.74, 6) is -0.282. The topological polar surface area (TPSA) is 75.3 Å². The first-order valence-corrected chi connectivity index (χ1v) is 10.4. The van der Waals surface area contributed by atoms with Crippen molar-refractivity contribution in [3.8, 4) is 0 Å². The van der Waals surface area contributed by atoms with Crippen molar-refractivity contribution in [1.82, 2.24) is 5.32 Å². The lowest BCUT2D eigenvalue weighted by molar-refractivity contribution is 0.0940. The number of hydrogen-bond acceptors (Lipinski definition) is 3. The van der Waals surface area contributed by atoms with Crippen molar-refractivity contribution < 1.29 is 13.2 Å². The van der Waals surface area contributed by atoms with Gasteiger partial charge in [0.15, 0.2) is 0 Å². The van der Waals surface area contributed by atoms with E-state index in [1.165, 1.54) is 6.07 Å². The van der Waals surface area contributed by atoms with Crippen molar-refractivity contribution >= 4 is 32.4 Å². The second-order valence-electron chi connectivity index (χ2n) is 6.39. The van der Waals surface area contributed by atoms with Crippen LogP contribution in [0.4, 0.5) is 5.69 Å². The van der Waals surface area contributed by atoms with Crippen LogP contribution in [0.1, 0.15) is 35.8 Å². The van der Waals surface area contributed by atoms with E-state index in [1.54, 1.807) is 25.1 Å². The molecule has 0 saturated carbocycles. The fourth-order valence-electron chi connectivity index (χ4n) is 2.82. The van der Waals surface area contributed by atoms with Crippen LogP contribution in [0.2, 0.25) is 0 Å². The molecule has 140 valence electrons. The van der Waals surface area contributed by atoms with Crippen molar-refractivity contribution in [3.63, 3.8) is 0 Å². The van der Waals surface area contributed by atoms with Crippen molar-refractivity contribution in [1.29, 1.82) is 0 Å². The normalized spacial score (nSPS) is 12.5. The number of carbonyl (C=O) groups is 1. The lowest BCUT2D eigenvalue weighted by Crippen LogP contribution is -2.26. The molecule has 0 unspecified atom stereocenters. The highest BCUT2D eigenvalue weighted by Gasteiger charge is 2.13. The average Bonchev–Trinajstić information content (AvgIpc) is 2.67. The summed E-state index contributed by atoms with van der Waals surface area (Å²) in [5, 5.41) is 5.23. The lowest BCUT2D eigenvalue weighted by atomic mass is 10.0. The van der Waals surface area contributed by atoms with Gasteiger partial charge in [-0.1, -0.05) is 42.5 Å². The Morgan fingerprint density at radius 2 is 1.70 bits per heavy atom. The molecule has 3 aromatic carbocycles. The van der Waals surface area contributed by atoms with Gasteiger partial charge in [-0.3, -0.25) is 9.52 Å². The molecule has 0 fully saturated rings. The second-order valence-corrected chi connectivity index (χ2v) is 8.40. The zero-order valence-electron chi connectivity index (χ0n) is 15.3. The first-order chi connectivity index (χ1) is 12.9. The molecule has 0 saturated heterocycles. The Labute approximate surface area is 159 Å². The maximum absolute atomic E-state index is 12.6. The number of benzene rings is 3. The number of anilines is 1. The molecular weight excluding hydrogens is 360 g/mol. The SMILES string of the molecule is CCS(=O)(=O)Nc1cccc(C(=O)N[C@@H](C)c2ccc3ccccc3c2)c1. The Hall–Kier alpha value is -2.86. The van der Waals surface area contributed by atoms with Crippen molar-refractivity contribution in [3.05, 3.63) is 77.9 Å². The van der Waals surface area contributed by atoms with Gasteiger partial charge in [-0.15, -0.1) is 0 Å². The molecule has 1 amide bonds. The minimum Gasteiger partial charge on any atom is -0.346 e. The summed E-state index contributed by atoms with van der Waals surface area (Å²) < 4.78 is 25.9. The zero-order valence-corrected chi connectivity index (χ0v) is 16.1. The number of carbonyl (C=O) groups excluding carboxylic acids is 1. The van der Waals surface area contributed by atoms with Crippen molar-refractivity contribution in [2.75, 3.05) is 10.5 Å². The summed E-state index contributed by atoms with van der Waals surface area (Å²) in [7, 11) is -3.38. The molecular formula is C21H22N2O3S. The maximum Gasteiger partial charge on any atom is 0.251 e. The van der Waals surface area contributed by atoms with E-state index < -0.39 is 10.0 Å². The van der Waals surface area contributed by atoms with Gasteiger partial charge in [0.05, 0.1) is 11.8 Å². The highest BCUT2D eigenvalue weighted by Crippen LogP contribution is 2.21. The Bertz CT molecular complexity index is 1080. The number of fused-ring (bicyclic) bond motifs is 1. The molecule has 3 aromatic rings. The Kier molecular flexibility index (Phi) is 5.46. The van der Waals surface area contributed by atoms with Gasteiger partial charge >= 0.3 is 0 Å². The van der Waals surface area contributed by atoms with E-state index in [1.807, 2.05) is 43.3 Å². The number of hydrogen-bond donors (Lipinski definition) is 2. The predicted molar refractivity (Wildman–Crippen MR) is 109 cm³/mol. The van der Waals surface area contributed by atoms with Gasteiger partial charge in [-0.25, -0.2) is 8.42 Å². The quantitative estimate of drug-likeness (QED) is 0.674. The third kappa shape index (κ3) is 4.65. The fourth-order valence-corrected chi connectivity index (χ4v) is 3.45. The van der Waals surface area contributed by atoms with Crippen LogP contribution >= 0.6 is 0 Å². The molecule has 0 radical (unpaired) electrons. The van der Waals surface area contributed by atoms with Gasteiger partial charge in [0.25, 0.3) is 5.91 Å². The molecule has 0 aliphatic heterocycles. The first kappa shape index (κ1) is 18.9. The number of sulfonamides is 1. The van der Waals surface area contributed by atoms with Crippen LogP contribution < -0.4 is 10.0 Å². The van der Waals surface area contributed by atoms with Crippen LogP contribution in [-0.4, -0.2) is 20.1 Å². The second kappa shape index (κ2) is 7.80. The number of nitrogens with one attached hydrogen (secondary N) is 2. The molecule has 1 atom stereocenters. The van der Waals surface area contributed by atoms with Crippen LogP contribution in [0.25, 0.3) is 10.8 Å². The molecule has 5 nitrogen and oxygen atoms in total. The van der Waals surface area contributed by atoms with Crippen LogP contribution in [0.15, 0.2) is 66.7 Å². The maximum atomic E-state index is 12.6. The monoisotopic (exact) mass is 382 g/mol. The summed E-state index contributed by atoms with van der Waals surface area (Å²) in [6.45, 7) is 3.48. The van der Waals surface area contributed by atoms with Crippen LogP contribution in [0, 0.1) is 0 Å². The summed E-state index contributed by atoms with van der Waals surface area (Å²) in [5.41, 5.74) is 1.78. The van der Waals surface area contributed by atoms with Crippen LogP contribution in [0.5, 0.6) is 0 Å². The third-order valence-corrected chi connectivity index (χ3v) is 5.71. The third-order valence-electron chi connectivity index (χ3n) is 4.40. The van der Waals surface area contributed by atoms with Gasteiger partial charge in [0.1, 0.15) is 0 Å². The number of amides is 1. The molecule has 0 spiro atoms. The molecule has 3 rings (SSSR count). The highest BCUT2D eigenvalue weighted by atomic mass is 32.2. The molecule has 6 heteroatoms. The zero-order chi connectivity index (χ0) is 19.4. The van der Waals surface area contributed by atoms with E-state index in [0.717, 1.165) is 16.3 Å². The van der Waals surface area contributed by atoms with E-state index in [4.69, 9.17) is 0 Å². The predicted octanol–water partition coefficient (Wildman–Crippen LogP) is 4.09. The lowest BCUT2D eigenvalue weighted by Gasteiger charge is -2.16. The molecule has 0 heterocycles. The smallest absolute Gasteiger partial charge is 0.251 e. The van der Waals surface area contributed by atoms with Gasteiger partial charge in [0, 0.05) is 11.3 Å². The molecule has 0 bridgehead atoms. The average molecular weight is 382 g/mol. The van der Waals surface area contributed by atoms with E-state index in [2.05, 4.69) is 16.1 Å². The first-order valence-electron chi connectivity index (χ1n) is 8.78. The Morgan fingerprint density at radius 1 is 0.963 bits per heavy atom. The van der Waals surface area contributed by atoms with Crippen LogP contribution in [0.3, 0.4) is 0 Å². The van der Waals surface area contributed by atoms with Crippen molar-refractivity contribution in [2.45, 2.75) is 19.9 Å². The van der Waals surface area contributed by atoms with Crippen LogP contribution in [-0.2, 0) is 10.0 Å². The van der Waals surface area contributed by atoms with Gasteiger partial charge in [0.2, 0.25) is 10.0 Å². The Balaban J connectivity index is 1.76. The van der Waals surface area contributed by atoms with Crippen molar-refractivity contribution in [2.24, 2.45) is 0 Å². The Morgan fingerprint density at radius 3 is 2.44 bits per heavy atom. The summed E-state index contributed by atoms with van der Waals surface area (Å²) in [4.78, 5) is 12.6. The standard InChI is InChI=1S/C21H22N2O3S/c1-3-27(25,26)23-20-10-6-9-19(14-20)21(24)22-15(2)17-12-11-16-7-4-5-8-18(16)13-17/h4-15,23H,3H2,1-2H3,(H,22,24)/t15-/m0/s1. The minimum atomic E-state index is -3.38. The summed E-state index contributed by atoms with van der Waals surface area (Å²) in [6.07, 6.45) is 0. The number of rotatable bonds is 6. The summed E-state index contributed by atoms with van der Waals surface area (Å²) in [6, 6.07) is 20.5. The fraction of sp³-hybridized carbons (Fsp3) is 0.190. The van der Waals surface area contributed by atoms with Gasteiger partial charge in [-0.05, 0) is 54.4 Å². The van der Waals surface area contributed by atoms with Gasteiger partial charge < -0.3 is 5.32 Å². The highest BCUT2D eigenvalue weighted by molar-refractivity contribution is 7.92. The van der Waals surface area contributed by atoms with E-state index in [-0.39, 0.29) is 17.7 Å². The molecule has 0 aromatic heterocycles. The van der Waals surface area contributed by atoms with Gasteiger partial charge in [-0.2, -0.15) is 0 Å². The molecule has 2 N–H and O–H groups in total. The molecule has 0 aliphatic rings. The molecule has 27 heavy (non-hydrogen) atoms. The molecule has 0 aliphatic carbocycles.